The second-order valence-electron chi connectivity index (χ2n) is 8.41. The van der Waals surface area contributed by atoms with Crippen LogP contribution in [0.3, 0.4) is 0 Å². The van der Waals surface area contributed by atoms with E-state index in [4.69, 9.17) is 19.1 Å². The highest BCUT2D eigenvalue weighted by molar-refractivity contribution is 8.14. The Balaban J connectivity index is 1.21. The molecule has 1 N–H and O–H groups in total. The minimum Gasteiger partial charge on any atom is -0.453 e. The molecule has 0 saturated heterocycles. The number of ether oxygens (including phenoxy) is 1. The molecule has 5 heterocycles. The molecule has 1 unspecified atom stereocenters. The fourth-order valence-corrected chi connectivity index (χ4v) is 6.73. The van der Waals surface area contributed by atoms with Crippen molar-refractivity contribution in [3.05, 3.63) is 84.2 Å². The fraction of sp³-hybridized carbons (Fsp3) is 0.185. The minimum absolute atomic E-state index is 0.202. The molecule has 6 rings (SSSR count). The van der Waals surface area contributed by atoms with Gasteiger partial charge in [-0.1, -0.05) is 41.7 Å². The van der Waals surface area contributed by atoms with E-state index >= 15 is 0 Å². The highest BCUT2D eigenvalue weighted by Crippen LogP contribution is 2.39. The van der Waals surface area contributed by atoms with E-state index < -0.39 is 0 Å². The average Bonchev–Trinajstić information content (AvgIpc) is 3.67. The van der Waals surface area contributed by atoms with Gasteiger partial charge in [-0.3, -0.25) is 9.98 Å². The van der Waals surface area contributed by atoms with Gasteiger partial charge in [-0.15, -0.1) is 11.3 Å². The predicted octanol–water partition coefficient (Wildman–Crippen LogP) is 7.45. The number of hydrogen-bond donors (Lipinski definition) is 1. The molecular formula is C27H23N5O2S3. The number of aromatic nitrogens is 3. The lowest BCUT2D eigenvalue weighted by Gasteiger charge is -2.13. The third-order valence-electron chi connectivity index (χ3n) is 5.63. The number of thioether (sulfide) groups is 1. The van der Waals surface area contributed by atoms with Crippen LogP contribution in [0.1, 0.15) is 18.1 Å². The molecule has 1 aromatic carbocycles. The Labute approximate surface area is 226 Å². The lowest BCUT2D eigenvalue weighted by atomic mass is 10.2. The molecule has 1 atom stereocenters. The summed E-state index contributed by atoms with van der Waals surface area (Å²) in [5.74, 6) is 4.54. The first-order valence-corrected chi connectivity index (χ1v) is 14.5. The second-order valence-corrected chi connectivity index (χ2v) is 11.4. The Hall–Kier alpha value is -3.34. The van der Waals surface area contributed by atoms with Gasteiger partial charge in [0.05, 0.1) is 22.5 Å². The van der Waals surface area contributed by atoms with Crippen LogP contribution in [0.2, 0.25) is 0 Å². The number of nitrogens with one attached hydrogen (secondary N) is 1. The number of amidine groups is 1. The summed E-state index contributed by atoms with van der Waals surface area (Å²) < 4.78 is 13.0. The van der Waals surface area contributed by atoms with Gasteiger partial charge < -0.3 is 14.5 Å². The summed E-state index contributed by atoms with van der Waals surface area (Å²) in [7, 11) is 0. The van der Waals surface area contributed by atoms with E-state index in [0.717, 1.165) is 56.5 Å². The number of aliphatic imine (C=N–C) groups is 1. The number of rotatable bonds is 8. The standard InChI is InChI=1S/C27H23N5O2S3/c1-17-14-29-24(33-17)8-7-18-16-36-27(31-18)32-26-22(34-19-5-3-2-4-6-19)13-20(15-30-26)37-23-9-11-28-21-10-12-35-25(21)23/h2-6,9-15,18H,7-8,16H2,1H3,(H,30,31,32). The van der Waals surface area contributed by atoms with Crippen LogP contribution >= 0.6 is 34.9 Å². The molecule has 0 fully saturated rings. The van der Waals surface area contributed by atoms with Crippen molar-refractivity contribution in [1.29, 1.82) is 0 Å². The van der Waals surface area contributed by atoms with Crippen molar-refractivity contribution in [3.8, 4) is 11.5 Å². The monoisotopic (exact) mass is 545 g/mol. The van der Waals surface area contributed by atoms with Crippen molar-refractivity contribution in [2.45, 2.75) is 35.6 Å². The summed E-state index contributed by atoms with van der Waals surface area (Å²) >= 11 is 5.04. The molecule has 37 heavy (non-hydrogen) atoms. The summed E-state index contributed by atoms with van der Waals surface area (Å²) in [6, 6.07) is 16.0. The van der Waals surface area contributed by atoms with Crippen LogP contribution in [0.5, 0.6) is 11.5 Å². The summed E-state index contributed by atoms with van der Waals surface area (Å²) in [5, 5.41) is 6.31. The minimum atomic E-state index is 0.202. The van der Waals surface area contributed by atoms with Gasteiger partial charge in [-0.2, -0.15) is 0 Å². The van der Waals surface area contributed by atoms with Crippen LogP contribution in [-0.2, 0) is 6.42 Å². The average molecular weight is 546 g/mol. The van der Waals surface area contributed by atoms with Gasteiger partial charge in [0.2, 0.25) is 0 Å². The largest absolute Gasteiger partial charge is 0.453 e. The Morgan fingerprint density at radius 1 is 1.11 bits per heavy atom. The molecule has 0 radical (unpaired) electrons. The summed E-state index contributed by atoms with van der Waals surface area (Å²) in [6.45, 7) is 1.91. The second kappa shape index (κ2) is 11.0. The Morgan fingerprint density at radius 3 is 2.89 bits per heavy atom. The van der Waals surface area contributed by atoms with Crippen molar-refractivity contribution < 1.29 is 9.15 Å². The zero-order chi connectivity index (χ0) is 25.0. The van der Waals surface area contributed by atoms with Crippen molar-refractivity contribution in [2.24, 2.45) is 4.99 Å². The van der Waals surface area contributed by atoms with Crippen molar-refractivity contribution in [2.75, 3.05) is 11.1 Å². The van der Waals surface area contributed by atoms with E-state index in [0.29, 0.717) is 11.6 Å². The number of para-hydroxylation sites is 1. The molecule has 0 bridgehead atoms. The number of anilines is 1. The zero-order valence-corrected chi connectivity index (χ0v) is 22.4. The van der Waals surface area contributed by atoms with Crippen molar-refractivity contribution >= 4 is 56.1 Å². The molecule has 186 valence electrons. The Morgan fingerprint density at radius 2 is 2.03 bits per heavy atom. The number of benzene rings is 1. The lowest BCUT2D eigenvalue weighted by molar-refractivity contribution is 0.458. The molecule has 0 amide bonds. The molecular weight excluding hydrogens is 523 g/mol. The number of thiophene rings is 1. The van der Waals surface area contributed by atoms with E-state index in [1.54, 1.807) is 41.1 Å². The molecule has 10 heteroatoms. The van der Waals surface area contributed by atoms with Crippen LogP contribution in [0.4, 0.5) is 5.82 Å². The van der Waals surface area contributed by atoms with Gasteiger partial charge >= 0.3 is 0 Å². The summed E-state index contributed by atoms with van der Waals surface area (Å²) in [5.41, 5.74) is 1.01. The van der Waals surface area contributed by atoms with Crippen LogP contribution < -0.4 is 10.1 Å². The molecule has 1 aliphatic heterocycles. The normalized spacial score (nSPS) is 15.2. The Bertz CT molecular complexity index is 1550. The van der Waals surface area contributed by atoms with Crippen LogP contribution in [0.15, 0.2) is 91.7 Å². The number of aryl methyl sites for hydroxylation is 2. The number of hydrogen-bond acceptors (Lipinski definition) is 10. The molecule has 5 aromatic rings. The van der Waals surface area contributed by atoms with E-state index in [-0.39, 0.29) is 6.04 Å². The van der Waals surface area contributed by atoms with E-state index in [1.165, 1.54) is 4.70 Å². The van der Waals surface area contributed by atoms with Gasteiger partial charge in [0.1, 0.15) is 11.5 Å². The van der Waals surface area contributed by atoms with Crippen LogP contribution in [-0.4, -0.2) is 31.9 Å². The number of oxazole rings is 1. The van der Waals surface area contributed by atoms with Gasteiger partial charge in [0.25, 0.3) is 0 Å². The lowest BCUT2D eigenvalue weighted by Crippen LogP contribution is -2.09. The molecule has 7 nitrogen and oxygen atoms in total. The molecule has 0 spiro atoms. The van der Waals surface area contributed by atoms with Gasteiger partial charge in [-0.05, 0) is 43.0 Å². The van der Waals surface area contributed by atoms with Gasteiger partial charge in [0, 0.05) is 40.4 Å². The first-order valence-electron chi connectivity index (χ1n) is 11.8. The maximum Gasteiger partial charge on any atom is 0.194 e. The first kappa shape index (κ1) is 24.0. The number of pyridine rings is 2. The number of fused-ring (bicyclic) bond motifs is 1. The molecule has 0 saturated carbocycles. The smallest absolute Gasteiger partial charge is 0.194 e. The van der Waals surface area contributed by atoms with Crippen LogP contribution in [0.25, 0.3) is 10.2 Å². The third-order valence-corrected chi connectivity index (χ3v) is 8.75. The SMILES string of the molecule is Cc1cnc(CCC2CSC(Nc3ncc(Sc4ccnc5ccsc45)cc3Oc3ccccc3)=N2)o1. The maximum atomic E-state index is 6.27. The van der Waals surface area contributed by atoms with E-state index in [2.05, 4.69) is 20.7 Å². The highest BCUT2D eigenvalue weighted by Gasteiger charge is 2.21. The van der Waals surface area contributed by atoms with Crippen molar-refractivity contribution in [1.82, 2.24) is 15.0 Å². The highest BCUT2D eigenvalue weighted by atomic mass is 32.2. The summed E-state index contributed by atoms with van der Waals surface area (Å²) in [4.78, 5) is 20.5. The quantitative estimate of drug-likeness (QED) is 0.215. The van der Waals surface area contributed by atoms with E-state index in [1.807, 2.05) is 67.8 Å². The third kappa shape index (κ3) is 5.82. The molecule has 1 aliphatic rings. The number of nitrogens with zero attached hydrogens (tertiary/aromatic N) is 4. The Kier molecular flexibility index (Phi) is 7.11. The molecule has 4 aromatic heterocycles. The van der Waals surface area contributed by atoms with Gasteiger partial charge in [-0.25, -0.2) is 9.97 Å². The maximum absolute atomic E-state index is 6.27. The predicted molar refractivity (Wildman–Crippen MR) is 151 cm³/mol. The van der Waals surface area contributed by atoms with Gasteiger partial charge in [0.15, 0.2) is 22.6 Å². The zero-order valence-electron chi connectivity index (χ0n) is 20.0. The summed E-state index contributed by atoms with van der Waals surface area (Å²) in [6.07, 6.45) is 7.13. The van der Waals surface area contributed by atoms with Crippen molar-refractivity contribution in [3.63, 3.8) is 0 Å². The topological polar surface area (TPSA) is 85.4 Å². The van der Waals surface area contributed by atoms with Crippen LogP contribution in [0, 0.1) is 6.92 Å². The first-order chi connectivity index (χ1) is 18.2. The fourth-order valence-electron chi connectivity index (χ4n) is 3.87. The van der Waals surface area contributed by atoms with E-state index in [9.17, 15) is 0 Å². The molecule has 0 aliphatic carbocycles.